The lowest BCUT2D eigenvalue weighted by Crippen LogP contribution is -2.36. The second kappa shape index (κ2) is 11.8. The number of aliphatic carboxylic acids is 1. The maximum absolute atomic E-state index is 13.1. The number of carboxylic acids is 1. The number of carboxylic acid groups (broad SMARTS) is 1. The van der Waals surface area contributed by atoms with E-state index < -0.39 is 34.7 Å². The molecule has 0 unspecified atom stereocenters. The molecule has 0 bridgehead atoms. The lowest BCUT2D eigenvalue weighted by Gasteiger charge is -2.25. The van der Waals surface area contributed by atoms with Crippen molar-refractivity contribution in [1.29, 1.82) is 0 Å². The Hall–Kier alpha value is -2.44. The van der Waals surface area contributed by atoms with Crippen molar-refractivity contribution in [2.24, 2.45) is 0 Å². The standard InChI is InChI=1S/C22H26F3NO6S2/c1-4-11-26(34(29,30)19-8-5-17(6-9-19)32-22(23,24)25)13-16(3)33-18-7-10-20(15(2)12-18)31-14-21(27)28/h5-10,12,16H,4,11,13-14H2,1-3H3,(H,27,28)/t16-/m1/s1. The maximum atomic E-state index is 13.1. The molecular weight excluding hydrogens is 495 g/mol. The van der Waals surface area contributed by atoms with E-state index in [-0.39, 0.29) is 23.2 Å². The molecule has 0 spiro atoms. The van der Waals surface area contributed by atoms with Gasteiger partial charge in [0.2, 0.25) is 10.0 Å². The highest BCUT2D eigenvalue weighted by Gasteiger charge is 2.31. The Morgan fingerprint density at radius 1 is 1.18 bits per heavy atom. The number of halogens is 3. The van der Waals surface area contributed by atoms with E-state index in [1.807, 2.05) is 19.9 Å². The van der Waals surface area contributed by atoms with Crippen molar-refractivity contribution in [2.75, 3.05) is 19.7 Å². The van der Waals surface area contributed by atoms with Crippen LogP contribution < -0.4 is 9.47 Å². The number of benzene rings is 2. The fourth-order valence-electron chi connectivity index (χ4n) is 3.07. The zero-order valence-electron chi connectivity index (χ0n) is 18.8. The molecule has 1 N–H and O–H groups in total. The topological polar surface area (TPSA) is 93.1 Å². The zero-order chi connectivity index (χ0) is 25.5. The smallest absolute Gasteiger partial charge is 0.482 e. The summed E-state index contributed by atoms with van der Waals surface area (Å²) in [6, 6.07) is 9.39. The first-order valence-corrected chi connectivity index (χ1v) is 12.6. The number of aryl methyl sites for hydroxylation is 1. The van der Waals surface area contributed by atoms with Crippen molar-refractivity contribution >= 4 is 27.8 Å². The van der Waals surface area contributed by atoms with Crippen LogP contribution >= 0.6 is 11.8 Å². The third-order valence-electron chi connectivity index (χ3n) is 4.46. The Bertz CT molecular complexity index is 1080. The molecule has 0 aliphatic heterocycles. The quantitative estimate of drug-likeness (QED) is 0.396. The molecule has 0 radical (unpaired) electrons. The number of hydrogen-bond acceptors (Lipinski definition) is 6. The molecule has 34 heavy (non-hydrogen) atoms. The normalized spacial score (nSPS) is 13.0. The van der Waals surface area contributed by atoms with E-state index in [2.05, 4.69) is 4.74 Å². The Kier molecular flexibility index (Phi) is 9.65. The van der Waals surface area contributed by atoms with Crippen molar-refractivity contribution < 1.29 is 41.0 Å². The summed E-state index contributed by atoms with van der Waals surface area (Å²) in [6.07, 6.45) is -4.30. The van der Waals surface area contributed by atoms with Gasteiger partial charge in [-0.1, -0.05) is 13.8 Å². The lowest BCUT2D eigenvalue weighted by molar-refractivity contribution is -0.274. The van der Waals surface area contributed by atoms with Crippen LogP contribution in [0, 0.1) is 6.92 Å². The van der Waals surface area contributed by atoms with Crippen LogP contribution in [-0.2, 0) is 14.8 Å². The molecule has 0 saturated carbocycles. The van der Waals surface area contributed by atoms with Crippen LogP contribution in [0.3, 0.4) is 0 Å². The minimum absolute atomic E-state index is 0.122. The monoisotopic (exact) mass is 521 g/mol. The van der Waals surface area contributed by atoms with Gasteiger partial charge in [-0.2, -0.15) is 4.31 Å². The molecule has 0 aromatic heterocycles. The number of carbonyl (C=O) groups is 1. The van der Waals surface area contributed by atoms with Gasteiger partial charge in [0.15, 0.2) is 6.61 Å². The van der Waals surface area contributed by atoms with Gasteiger partial charge >= 0.3 is 12.3 Å². The summed E-state index contributed by atoms with van der Waals surface area (Å²) in [5.41, 5.74) is 0.748. The summed E-state index contributed by atoms with van der Waals surface area (Å²) >= 11 is 1.44. The molecule has 1 atom stereocenters. The van der Waals surface area contributed by atoms with Gasteiger partial charge in [0.05, 0.1) is 4.90 Å². The van der Waals surface area contributed by atoms with Crippen LogP contribution in [-0.4, -0.2) is 55.1 Å². The first-order valence-electron chi connectivity index (χ1n) is 10.3. The highest BCUT2D eigenvalue weighted by Crippen LogP contribution is 2.30. The van der Waals surface area contributed by atoms with Crippen LogP contribution in [0.15, 0.2) is 52.3 Å². The molecule has 0 amide bonds. The fourth-order valence-corrected chi connectivity index (χ4v) is 5.90. The fraction of sp³-hybridized carbons (Fsp3) is 0.409. The average Bonchev–Trinajstić information content (AvgIpc) is 2.72. The van der Waals surface area contributed by atoms with Crippen molar-refractivity contribution in [3.8, 4) is 11.5 Å². The van der Waals surface area contributed by atoms with Gasteiger partial charge in [-0.25, -0.2) is 13.2 Å². The Morgan fingerprint density at radius 2 is 1.82 bits per heavy atom. The van der Waals surface area contributed by atoms with E-state index in [9.17, 15) is 26.4 Å². The molecule has 0 heterocycles. The van der Waals surface area contributed by atoms with Crippen LogP contribution in [0.25, 0.3) is 0 Å². The first kappa shape index (κ1) is 27.8. The lowest BCUT2D eigenvalue weighted by atomic mass is 10.2. The first-order chi connectivity index (χ1) is 15.8. The highest BCUT2D eigenvalue weighted by molar-refractivity contribution is 8.00. The number of hydrogen-bond donors (Lipinski definition) is 1. The van der Waals surface area contributed by atoms with Crippen LogP contribution in [0.1, 0.15) is 25.8 Å². The summed E-state index contributed by atoms with van der Waals surface area (Å²) in [7, 11) is -3.93. The van der Waals surface area contributed by atoms with E-state index in [0.717, 1.165) is 34.7 Å². The third kappa shape index (κ3) is 8.41. The number of sulfonamides is 1. The van der Waals surface area contributed by atoms with Gasteiger partial charge in [-0.3, -0.25) is 0 Å². The second-order valence-electron chi connectivity index (χ2n) is 7.42. The van der Waals surface area contributed by atoms with Gasteiger partial charge in [-0.05, 0) is 61.4 Å². The summed E-state index contributed by atoms with van der Waals surface area (Å²) < 4.78 is 73.7. The van der Waals surface area contributed by atoms with Crippen LogP contribution in [0.2, 0.25) is 0 Å². The number of nitrogens with zero attached hydrogens (tertiary/aromatic N) is 1. The van der Waals surface area contributed by atoms with E-state index in [1.54, 1.807) is 19.1 Å². The molecule has 7 nitrogen and oxygen atoms in total. The van der Waals surface area contributed by atoms with Gasteiger partial charge in [-0.15, -0.1) is 24.9 Å². The molecule has 2 aromatic carbocycles. The SMILES string of the molecule is CCCN(C[C@@H](C)Sc1ccc(OCC(=O)O)c(C)c1)S(=O)(=O)c1ccc(OC(F)(F)F)cc1. The summed E-state index contributed by atoms with van der Waals surface area (Å²) in [4.78, 5) is 11.4. The van der Waals surface area contributed by atoms with Gasteiger partial charge in [0.1, 0.15) is 11.5 Å². The predicted octanol–water partition coefficient (Wildman–Crippen LogP) is 4.94. The van der Waals surface area contributed by atoms with Crippen LogP contribution in [0.4, 0.5) is 13.2 Å². The average molecular weight is 522 g/mol. The molecule has 0 aliphatic carbocycles. The second-order valence-corrected chi connectivity index (χ2v) is 10.9. The van der Waals surface area contributed by atoms with Crippen molar-refractivity contribution in [3.63, 3.8) is 0 Å². The van der Waals surface area contributed by atoms with Crippen molar-refractivity contribution in [3.05, 3.63) is 48.0 Å². The van der Waals surface area contributed by atoms with E-state index in [1.165, 1.54) is 16.1 Å². The van der Waals surface area contributed by atoms with E-state index >= 15 is 0 Å². The Labute approximate surface area is 200 Å². The molecule has 0 fully saturated rings. The molecule has 188 valence electrons. The Morgan fingerprint density at radius 3 is 2.35 bits per heavy atom. The summed E-state index contributed by atoms with van der Waals surface area (Å²) in [6.45, 7) is 5.46. The maximum Gasteiger partial charge on any atom is 0.573 e. The third-order valence-corrected chi connectivity index (χ3v) is 7.42. The van der Waals surface area contributed by atoms with E-state index in [0.29, 0.717) is 12.2 Å². The van der Waals surface area contributed by atoms with E-state index in [4.69, 9.17) is 9.84 Å². The number of alkyl halides is 3. The molecule has 12 heteroatoms. The molecule has 2 aromatic rings. The van der Waals surface area contributed by atoms with Crippen molar-refractivity contribution in [1.82, 2.24) is 4.31 Å². The summed E-state index contributed by atoms with van der Waals surface area (Å²) in [5, 5.41) is 8.59. The number of thioether (sulfide) groups is 1. The number of rotatable bonds is 12. The van der Waals surface area contributed by atoms with Gasteiger partial charge in [0, 0.05) is 23.2 Å². The highest BCUT2D eigenvalue weighted by atomic mass is 32.2. The molecule has 0 saturated heterocycles. The predicted molar refractivity (Wildman–Crippen MR) is 122 cm³/mol. The molecule has 2 rings (SSSR count). The van der Waals surface area contributed by atoms with Crippen LogP contribution in [0.5, 0.6) is 11.5 Å². The minimum Gasteiger partial charge on any atom is -0.482 e. The minimum atomic E-state index is -4.86. The van der Waals surface area contributed by atoms with Crippen molar-refractivity contribution in [2.45, 2.75) is 48.6 Å². The summed E-state index contributed by atoms with van der Waals surface area (Å²) in [5.74, 6) is -1.12. The van der Waals surface area contributed by atoms with Gasteiger partial charge < -0.3 is 14.6 Å². The largest absolute Gasteiger partial charge is 0.573 e. The number of ether oxygens (including phenoxy) is 2. The van der Waals surface area contributed by atoms with Gasteiger partial charge in [0.25, 0.3) is 0 Å². The zero-order valence-corrected chi connectivity index (χ0v) is 20.5. The molecule has 0 aliphatic rings. The Balaban J connectivity index is 2.11. The molecular formula is C22H26F3NO6S2.